The molecule has 1 aliphatic rings. The summed E-state index contributed by atoms with van der Waals surface area (Å²) < 4.78 is 13.4. The first kappa shape index (κ1) is 12.4. The summed E-state index contributed by atoms with van der Waals surface area (Å²) in [6.07, 6.45) is 2.17. The number of nitrogens with zero attached hydrogens (tertiary/aromatic N) is 1. The molecule has 1 unspecified atom stereocenters. The van der Waals surface area contributed by atoms with E-state index in [0.717, 1.165) is 25.9 Å². The van der Waals surface area contributed by atoms with Gasteiger partial charge in [0.05, 0.1) is 5.25 Å². The highest BCUT2D eigenvalue weighted by atomic mass is 32.2. The fourth-order valence-corrected chi connectivity index (χ4v) is 2.94. The third-order valence-electron chi connectivity index (χ3n) is 2.91. The molecule has 17 heavy (non-hydrogen) atoms. The summed E-state index contributed by atoms with van der Waals surface area (Å²) >= 11 is 1.30. The van der Waals surface area contributed by atoms with Crippen LogP contribution in [0.5, 0.6) is 0 Å². The fourth-order valence-electron chi connectivity index (χ4n) is 1.98. The van der Waals surface area contributed by atoms with Crippen molar-refractivity contribution in [2.45, 2.75) is 29.9 Å². The van der Waals surface area contributed by atoms with Gasteiger partial charge in [-0.25, -0.2) is 4.39 Å². The second-order valence-corrected chi connectivity index (χ2v) is 5.61. The summed E-state index contributed by atoms with van der Waals surface area (Å²) in [7, 11) is 0. The van der Waals surface area contributed by atoms with Gasteiger partial charge < -0.3 is 4.90 Å². The molecule has 2 nitrogen and oxygen atoms in total. The van der Waals surface area contributed by atoms with E-state index >= 15 is 0 Å². The van der Waals surface area contributed by atoms with Crippen molar-refractivity contribution in [2.75, 3.05) is 13.1 Å². The van der Waals surface area contributed by atoms with Crippen molar-refractivity contribution >= 4 is 17.7 Å². The van der Waals surface area contributed by atoms with Crippen LogP contribution in [0.3, 0.4) is 0 Å². The van der Waals surface area contributed by atoms with E-state index in [1.807, 2.05) is 11.8 Å². The van der Waals surface area contributed by atoms with Crippen molar-refractivity contribution in [1.82, 2.24) is 4.90 Å². The van der Waals surface area contributed by atoms with Crippen molar-refractivity contribution < 1.29 is 9.18 Å². The van der Waals surface area contributed by atoms with Crippen molar-refractivity contribution in [2.24, 2.45) is 0 Å². The summed E-state index contributed by atoms with van der Waals surface area (Å²) in [5.74, 6) is -0.130. The molecule has 0 aliphatic carbocycles. The van der Waals surface area contributed by atoms with E-state index in [4.69, 9.17) is 0 Å². The van der Waals surface area contributed by atoms with Crippen LogP contribution in [0.2, 0.25) is 0 Å². The molecule has 1 atom stereocenters. The third-order valence-corrected chi connectivity index (χ3v) is 4.05. The zero-order valence-electron chi connectivity index (χ0n) is 9.86. The first-order chi connectivity index (χ1) is 8.18. The second kappa shape index (κ2) is 5.54. The van der Waals surface area contributed by atoms with E-state index in [0.29, 0.717) is 4.90 Å². The van der Waals surface area contributed by atoms with Crippen LogP contribution in [0.1, 0.15) is 19.8 Å². The Morgan fingerprint density at radius 3 is 2.65 bits per heavy atom. The van der Waals surface area contributed by atoms with E-state index in [1.165, 1.54) is 17.8 Å². The minimum Gasteiger partial charge on any atom is -0.342 e. The number of rotatable bonds is 3. The first-order valence-electron chi connectivity index (χ1n) is 5.88. The van der Waals surface area contributed by atoms with Crippen LogP contribution < -0.4 is 0 Å². The molecule has 1 heterocycles. The Bertz CT molecular complexity index is 404. The van der Waals surface area contributed by atoms with Crippen LogP contribution in [0.25, 0.3) is 0 Å². The number of carbonyl (C=O) groups is 1. The monoisotopic (exact) mass is 253 g/mol. The zero-order valence-corrected chi connectivity index (χ0v) is 10.7. The SMILES string of the molecule is CC(Sc1ccccc1F)C(=O)N1CCCC1. The third kappa shape index (κ3) is 3.00. The van der Waals surface area contributed by atoms with Crippen molar-refractivity contribution in [3.05, 3.63) is 30.1 Å². The maximum atomic E-state index is 13.4. The van der Waals surface area contributed by atoms with Crippen LogP contribution in [0.4, 0.5) is 4.39 Å². The van der Waals surface area contributed by atoms with Gasteiger partial charge in [-0.05, 0) is 31.9 Å². The van der Waals surface area contributed by atoms with Crippen molar-refractivity contribution in [1.29, 1.82) is 0 Å². The van der Waals surface area contributed by atoms with Gasteiger partial charge in [0.2, 0.25) is 5.91 Å². The van der Waals surface area contributed by atoms with E-state index in [2.05, 4.69) is 0 Å². The lowest BCUT2D eigenvalue weighted by molar-refractivity contribution is -0.129. The molecule has 0 aromatic heterocycles. The summed E-state index contributed by atoms with van der Waals surface area (Å²) in [4.78, 5) is 14.5. The highest BCUT2D eigenvalue weighted by Crippen LogP contribution is 2.27. The number of likely N-dealkylation sites (tertiary alicyclic amines) is 1. The molecule has 0 spiro atoms. The Hall–Kier alpha value is -1.03. The molecule has 4 heteroatoms. The zero-order chi connectivity index (χ0) is 12.3. The molecule has 1 fully saturated rings. The summed E-state index contributed by atoms with van der Waals surface area (Å²) in [5.41, 5.74) is 0. The van der Waals surface area contributed by atoms with Gasteiger partial charge in [-0.1, -0.05) is 12.1 Å². The lowest BCUT2D eigenvalue weighted by atomic mass is 10.3. The molecular weight excluding hydrogens is 237 g/mol. The van der Waals surface area contributed by atoms with Gasteiger partial charge in [-0.15, -0.1) is 11.8 Å². The Labute approximate surface area is 105 Å². The number of hydrogen-bond acceptors (Lipinski definition) is 2. The molecule has 92 valence electrons. The predicted octanol–water partition coefficient (Wildman–Crippen LogP) is 2.93. The molecule has 1 aromatic carbocycles. The summed E-state index contributed by atoms with van der Waals surface area (Å²) in [6, 6.07) is 6.59. The number of halogens is 1. The van der Waals surface area contributed by atoms with Crippen LogP contribution in [0.15, 0.2) is 29.2 Å². The minimum atomic E-state index is -0.251. The van der Waals surface area contributed by atoms with E-state index in [1.54, 1.807) is 18.2 Å². The van der Waals surface area contributed by atoms with E-state index < -0.39 is 0 Å². The molecule has 1 saturated heterocycles. The minimum absolute atomic E-state index is 0.121. The molecule has 0 N–H and O–H groups in total. The predicted molar refractivity (Wildman–Crippen MR) is 67.5 cm³/mol. The Morgan fingerprint density at radius 1 is 1.35 bits per heavy atom. The lowest BCUT2D eigenvalue weighted by Crippen LogP contribution is -2.34. The smallest absolute Gasteiger partial charge is 0.235 e. The molecule has 1 aliphatic heterocycles. The number of thioether (sulfide) groups is 1. The molecule has 1 amide bonds. The standard InChI is InChI=1S/C13H16FNOS/c1-10(13(16)15-8-4-5-9-15)17-12-7-3-2-6-11(12)14/h2-3,6-7,10H,4-5,8-9H2,1H3. The quantitative estimate of drug-likeness (QED) is 0.772. The Balaban J connectivity index is 1.99. The molecule has 0 bridgehead atoms. The number of carbonyl (C=O) groups excluding carboxylic acids is 1. The van der Waals surface area contributed by atoms with Crippen molar-refractivity contribution in [3.8, 4) is 0 Å². The average molecular weight is 253 g/mol. The van der Waals surface area contributed by atoms with Crippen LogP contribution in [-0.4, -0.2) is 29.1 Å². The van der Waals surface area contributed by atoms with Gasteiger partial charge in [-0.2, -0.15) is 0 Å². The number of benzene rings is 1. The Kier molecular flexibility index (Phi) is 4.05. The first-order valence-corrected chi connectivity index (χ1v) is 6.76. The van der Waals surface area contributed by atoms with Crippen molar-refractivity contribution in [3.63, 3.8) is 0 Å². The van der Waals surface area contributed by atoms with E-state index in [-0.39, 0.29) is 17.0 Å². The highest BCUT2D eigenvalue weighted by Gasteiger charge is 2.24. The normalized spacial score (nSPS) is 17.2. The average Bonchev–Trinajstić information content (AvgIpc) is 2.84. The van der Waals surface area contributed by atoms with Gasteiger partial charge in [-0.3, -0.25) is 4.79 Å². The summed E-state index contributed by atoms with van der Waals surface area (Å²) in [6.45, 7) is 3.54. The molecule has 0 radical (unpaired) electrons. The van der Waals surface area contributed by atoms with Gasteiger partial charge in [0.25, 0.3) is 0 Å². The maximum absolute atomic E-state index is 13.4. The van der Waals surface area contributed by atoms with E-state index in [9.17, 15) is 9.18 Å². The van der Waals surface area contributed by atoms with Crippen LogP contribution in [0, 0.1) is 5.82 Å². The number of amides is 1. The molecule has 2 rings (SSSR count). The molecule has 0 saturated carbocycles. The fraction of sp³-hybridized carbons (Fsp3) is 0.462. The van der Waals surface area contributed by atoms with Gasteiger partial charge in [0.1, 0.15) is 5.82 Å². The molecular formula is C13H16FNOS. The van der Waals surface area contributed by atoms with Gasteiger partial charge >= 0.3 is 0 Å². The van der Waals surface area contributed by atoms with Gasteiger partial charge in [0, 0.05) is 18.0 Å². The Morgan fingerprint density at radius 2 is 2.00 bits per heavy atom. The topological polar surface area (TPSA) is 20.3 Å². The van der Waals surface area contributed by atoms with Crippen LogP contribution in [-0.2, 0) is 4.79 Å². The maximum Gasteiger partial charge on any atom is 0.235 e. The highest BCUT2D eigenvalue weighted by molar-refractivity contribution is 8.00. The second-order valence-electron chi connectivity index (χ2n) is 4.22. The van der Waals surface area contributed by atoms with Gasteiger partial charge in [0.15, 0.2) is 0 Å². The largest absolute Gasteiger partial charge is 0.342 e. The molecule has 1 aromatic rings. The van der Waals surface area contributed by atoms with Crippen LogP contribution >= 0.6 is 11.8 Å². The number of hydrogen-bond donors (Lipinski definition) is 0. The lowest BCUT2D eigenvalue weighted by Gasteiger charge is -2.20. The summed E-state index contributed by atoms with van der Waals surface area (Å²) in [5, 5.41) is -0.218.